The van der Waals surface area contributed by atoms with Crippen LogP contribution in [0, 0.1) is 5.92 Å². The van der Waals surface area contributed by atoms with Crippen LogP contribution < -0.4 is 15.4 Å². The van der Waals surface area contributed by atoms with E-state index in [1.165, 1.54) is 12.8 Å². The van der Waals surface area contributed by atoms with Crippen molar-refractivity contribution in [1.82, 2.24) is 10.6 Å². The van der Waals surface area contributed by atoms with Crippen LogP contribution in [0.3, 0.4) is 0 Å². The van der Waals surface area contributed by atoms with Gasteiger partial charge in [0.05, 0.1) is 17.5 Å². The molecule has 1 saturated heterocycles. The van der Waals surface area contributed by atoms with Gasteiger partial charge in [0.15, 0.2) is 0 Å². The number of para-hydroxylation sites is 1. The Morgan fingerprint density at radius 2 is 2.24 bits per heavy atom. The molecule has 1 unspecified atom stereocenters. The summed E-state index contributed by atoms with van der Waals surface area (Å²) in [6.45, 7) is 3.27. The van der Waals surface area contributed by atoms with Gasteiger partial charge in [-0.3, -0.25) is 4.79 Å². The fourth-order valence-corrected chi connectivity index (χ4v) is 2.66. The van der Waals surface area contributed by atoms with Gasteiger partial charge >= 0.3 is 0 Å². The standard InChI is InChI=1S/C15H21BrN2O2.ClH/c16-13-5-1-2-6-14(13)20-9-7-15(19)18-11-12-4-3-8-17-10-12;/h1-2,5-6,12,17H,3-4,7-11H2,(H,18,19);1H. The summed E-state index contributed by atoms with van der Waals surface area (Å²) >= 11 is 3.41. The van der Waals surface area contributed by atoms with Crippen molar-refractivity contribution in [1.29, 1.82) is 0 Å². The highest BCUT2D eigenvalue weighted by atomic mass is 79.9. The molecule has 6 heteroatoms. The van der Waals surface area contributed by atoms with Crippen molar-refractivity contribution in [2.45, 2.75) is 19.3 Å². The van der Waals surface area contributed by atoms with Crippen molar-refractivity contribution in [3.05, 3.63) is 28.7 Å². The van der Waals surface area contributed by atoms with Gasteiger partial charge in [0.25, 0.3) is 0 Å². The summed E-state index contributed by atoms with van der Waals surface area (Å²) in [5.74, 6) is 1.40. The molecule has 1 aliphatic heterocycles. The van der Waals surface area contributed by atoms with Gasteiger partial charge < -0.3 is 15.4 Å². The first-order chi connectivity index (χ1) is 9.75. The maximum atomic E-state index is 11.7. The molecule has 1 aromatic carbocycles. The van der Waals surface area contributed by atoms with Gasteiger partial charge in [0.2, 0.25) is 5.91 Å². The zero-order valence-electron chi connectivity index (χ0n) is 11.9. The Morgan fingerprint density at radius 3 is 2.95 bits per heavy atom. The molecule has 0 aliphatic carbocycles. The van der Waals surface area contributed by atoms with Gasteiger partial charge in [-0.25, -0.2) is 0 Å². The number of rotatable bonds is 6. The second-order valence-corrected chi connectivity index (χ2v) is 5.90. The average Bonchev–Trinajstić information content (AvgIpc) is 2.48. The molecule has 0 saturated carbocycles. The van der Waals surface area contributed by atoms with Crippen LogP contribution in [0.2, 0.25) is 0 Å². The number of halogens is 2. The van der Waals surface area contributed by atoms with Gasteiger partial charge in [-0.15, -0.1) is 12.4 Å². The summed E-state index contributed by atoms with van der Waals surface area (Å²) in [6.07, 6.45) is 2.79. The number of hydrogen-bond acceptors (Lipinski definition) is 3. The van der Waals surface area contributed by atoms with Crippen molar-refractivity contribution in [2.24, 2.45) is 5.92 Å². The topological polar surface area (TPSA) is 50.4 Å². The molecule has 118 valence electrons. The number of benzene rings is 1. The summed E-state index contributed by atoms with van der Waals surface area (Å²) < 4.78 is 6.49. The number of piperidine rings is 1. The molecule has 2 rings (SSSR count). The molecule has 0 radical (unpaired) electrons. The molecule has 21 heavy (non-hydrogen) atoms. The third-order valence-corrected chi connectivity index (χ3v) is 4.07. The van der Waals surface area contributed by atoms with E-state index in [4.69, 9.17) is 4.74 Å². The molecule has 0 bridgehead atoms. The summed E-state index contributed by atoms with van der Waals surface area (Å²) in [6, 6.07) is 7.65. The van der Waals surface area contributed by atoms with Crippen molar-refractivity contribution in [2.75, 3.05) is 26.2 Å². The fourth-order valence-electron chi connectivity index (χ4n) is 2.26. The van der Waals surface area contributed by atoms with Crippen LogP contribution in [-0.2, 0) is 4.79 Å². The zero-order valence-corrected chi connectivity index (χ0v) is 14.3. The molecule has 1 aliphatic rings. The van der Waals surface area contributed by atoms with Crippen LogP contribution in [0.1, 0.15) is 19.3 Å². The fraction of sp³-hybridized carbons (Fsp3) is 0.533. The van der Waals surface area contributed by atoms with Gasteiger partial charge in [-0.1, -0.05) is 12.1 Å². The zero-order chi connectivity index (χ0) is 14.2. The number of carbonyl (C=O) groups is 1. The van der Waals surface area contributed by atoms with Gasteiger partial charge in [-0.05, 0) is 59.9 Å². The van der Waals surface area contributed by atoms with E-state index in [0.29, 0.717) is 18.9 Å². The average molecular weight is 378 g/mol. The lowest BCUT2D eigenvalue weighted by Crippen LogP contribution is -2.38. The first-order valence-electron chi connectivity index (χ1n) is 7.10. The second-order valence-electron chi connectivity index (χ2n) is 5.05. The third kappa shape index (κ3) is 6.68. The molecule has 1 atom stereocenters. The van der Waals surface area contributed by atoms with E-state index in [2.05, 4.69) is 26.6 Å². The van der Waals surface area contributed by atoms with Crippen LogP contribution in [-0.4, -0.2) is 32.1 Å². The molecular weight excluding hydrogens is 356 g/mol. The Kier molecular flexibility index (Phi) is 8.73. The van der Waals surface area contributed by atoms with Crippen LogP contribution in [0.4, 0.5) is 0 Å². The molecular formula is C15H22BrClN2O2. The quantitative estimate of drug-likeness (QED) is 0.801. The highest BCUT2D eigenvalue weighted by Crippen LogP contribution is 2.23. The molecule has 0 spiro atoms. The van der Waals surface area contributed by atoms with Crippen molar-refractivity contribution in [3.63, 3.8) is 0 Å². The van der Waals surface area contributed by atoms with Gasteiger partial charge in [0, 0.05) is 6.54 Å². The van der Waals surface area contributed by atoms with Gasteiger partial charge in [-0.2, -0.15) is 0 Å². The second kappa shape index (κ2) is 10.0. The van der Waals surface area contributed by atoms with Crippen molar-refractivity contribution < 1.29 is 9.53 Å². The molecule has 1 fully saturated rings. The summed E-state index contributed by atoms with van der Waals surface area (Å²) in [5.41, 5.74) is 0. The monoisotopic (exact) mass is 376 g/mol. The Labute approximate surface area is 140 Å². The number of ether oxygens (including phenoxy) is 1. The normalized spacial score (nSPS) is 17.7. The van der Waals surface area contributed by atoms with Crippen LogP contribution in [0.5, 0.6) is 5.75 Å². The molecule has 1 aromatic rings. The van der Waals surface area contributed by atoms with E-state index in [1.54, 1.807) is 0 Å². The third-order valence-electron chi connectivity index (χ3n) is 3.41. The van der Waals surface area contributed by atoms with Crippen molar-refractivity contribution in [3.8, 4) is 5.75 Å². The maximum Gasteiger partial charge on any atom is 0.223 e. The highest BCUT2D eigenvalue weighted by Gasteiger charge is 2.13. The molecule has 0 aromatic heterocycles. The number of nitrogens with one attached hydrogen (secondary N) is 2. The number of hydrogen-bond donors (Lipinski definition) is 2. The molecule has 1 heterocycles. The first kappa shape index (κ1) is 18.3. The highest BCUT2D eigenvalue weighted by molar-refractivity contribution is 9.10. The minimum Gasteiger partial charge on any atom is -0.492 e. The van der Waals surface area contributed by atoms with E-state index >= 15 is 0 Å². The van der Waals surface area contributed by atoms with E-state index in [0.717, 1.165) is 29.9 Å². The van der Waals surface area contributed by atoms with Crippen LogP contribution >= 0.6 is 28.3 Å². The Bertz CT molecular complexity index is 439. The minimum atomic E-state index is 0. The smallest absolute Gasteiger partial charge is 0.223 e. The van der Waals surface area contributed by atoms with E-state index in [9.17, 15) is 4.79 Å². The lowest BCUT2D eigenvalue weighted by Gasteiger charge is -2.22. The molecule has 2 N–H and O–H groups in total. The Morgan fingerprint density at radius 1 is 1.43 bits per heavy atom. The van der Waals surface area contributed by atoms with E-state index in [-0.39, 0.29) is 18.3 Å². The van der Waals surface area contributed by atoms with E-state index in [1.807, 2.05) is 24.3 Å². The predicted octanol–water partition coefficient (Wildman–Crippen LogP) is 2.76. The van der Waals surface area contributed by atoms with Gasteiger partial charge in [0.1, 0.15) is 5.75 Å². The summed E-state index contributed by atoms with van der Waals surface area (Å²) in [4.78, 5) is 11.7. The molecule has 4 nitrogen and oxygen atoms in total. The summed E-state index contributed by atoms with van der Waals surface area (Å²) in [5, 5.41) is 6.33. The first-order valence-corrected chi connectivity index (χ1v) is 7.90. The minimum absolute atomic E-state index is 0. The SMILES string of the molecule is Cl.O=C(CCOc1ccccc1Br)NCC1CCCNC1. The Hall–Kier alpha value is -0.780. The number of amides is 1. The van der Waals surface area contributed by atoms with Crippen LogP contribution in [0.15, 0.2) is 28.7 Å². The largest absolute Gasteiger partial charge is 0.492 e. The summed E-state index contributed by atoms with van der Waals surface area (Å²) in [7, 11) is 0. The maximum absolute atomic E-state index is 11.7. The molecule has 1 amide bonds. The number of carbonyl (C=O) groups excluding carboxylic acids is 1. The predicted molar refractivity (Wildman–Crippen MR) is 90.1 cm³/mol. The lowest BCUT2D eigenvalue weighted by atomic mass is 10.00. The van der Waals surface area contributed by atoms with Crippen LogP contribution in [0.25, 0.3) is 0 Å². The Balaban J connectivity index is 0.00000220. The lowest BCUT2D eigenvalue weighted by molar-refractivity contribution is -0.121. The van der Waals surface area contributed by atoms with Crippen molar-refractivity contribution >= 4 is 34.2 Å². The van der Waals surface area contributed by atoms with E-state index < -0.39 is 0 Å².